The Morgan fingerprint density at radius 1 is 0.921 bits per heavy atom. The minimum atomic E-state index is -4.46. The summed E-state index contributed by atoms with van der Waals surface area (Å²) < 4.78 is 44.9. The van der Waals surface area contributed by atoms with Crippen LogP contribution in [0.15, 0.2) is 30.7 Å². The van der Waals surface area contributed by atoms with E-state index in [1.807, 2.05) is 12.3 Å². The lowest BCUT2D eigenvalue weighted by Crippen LogP contribution is -2.31. The van der Waals surface area contributed by atoms with Gasteiger partial charge in [-0.05, 0) is 81.0 Å². The Bertz CT molecular complexity index is 1480. The highest BCUT2D eigenvalue weighted by atomic mass is 19.4. The lowest BCUT2D eigenvalue weighted by Gasteiger charge is -2.23. The Morgan fingerprint density at radius 3 is 2.45 bits per heavy atom. The number of rotatable bonds is 8. The maximum Gasteiger partial charge on any atom is 0.419 e. The number of hydrogen-bond donors (Lipinski definition) is 3. The van der Waals surface area contributed by atoms with Gasteiger partial charge in [0.2, 0.25) is 0 Å². The molecule has 200 valence electrons. The highest BCUT2D eigenvalue weighted by Gasteiger charge is 2.36. The summed E-state index contributed by atoms with van der Waals surface area (Å²) in [5.74, 6) is 2.82. The normalized spacial score (nSPS) is 18.9. The van der Waals surface area contributed by atoms with Gasteiger partial charge < -0.3 is 20.4 Å². The standard InChI is InChI=1S/C27H31F3N8/c28-27(29,30)22-9-19(17-1-2-17)14-37-15-20(35-26(22)37)12-33-24-10-23(32-11-16-5-7-31-8-6-16)36-25-21(18-3-4-18)13-34-38(24)25/h9-10,13-18,31,33H,1-8,11-12H2,(H,32,36). The Morgan fingerprint density at radius 2 is 1.71 bits per heavy atom. The molecular weight excluding hydrogens is 493 g/mol. The van der Waals surface area contributed by atoms with Crippen molar-refractivity contribution in [3.05, 3.63) is 53.1 Å². The van der Waals surface area contributed by atoms with Gasteiger partial charge in [0.05, 0.1) is 24.0 Å². The third-order valence-corrected chi connectivity index (χ3v) is 7.97. The average molecular weight is 525 g/mol. The number of alkyl halides is 3. The van der Waals surface area contributed by atoms with Crippen LogP contribution in [0.5, 0.6) is 0 Å². The molecule has 4 aromatic rings. The van der Waals surface area contributed by atoms with Crippen LogP contribution in [0.1, 0.15) is 72.7 Å². The number of nitrogens with zero attached hydrogens (tertiary/aromatic N) is 5. The zero-order chi connectivity index (χ0) is 25.9. The van der Waals surface area contributed by atoms with Gasteiger partial charge in [0.15, 0.2) is 5.65 Å². The van der Waals surface area contributed by atoms with E-state index in [1.54, 1.807) is 16.9 Å². The molecule has 1 saturated heterocycles. The van der Waals surface area contributed by atoms with Crippen LogP contribution in [0.4, 0.5) is 24.8 Å². The number of aromatic nitrogens is 5. The van der Waals surface area contributed by atoms with Crippen molar-refractivity contribution >= 4 is 22.9 Å². The summed E-state index contributed by atoms with van der Waals surface area (Å²) in [7, 11) is 0. The van der Waals surface area contributed by atoms with Gasteiger partial charge >= 0.3 is 6.18 Å². The first-order valence-corrected chi connectivity index (χ1v) is 13.6. The molecule has 0 aromatic carbocycles. The van der Waals surface area contributed by atoms with Crippen molar-refractivity contribution in [3.63, 3.8) is 0 Å². The second kappa shape index (κ2) is 9.14. The molecule has 0 radical (unpaired) electrons. The van der Waals surface area contributed by atoms with E-state index in [0.29, 0.717) is 17.5 Å². The monoisotopic (exact) mass is 524 g/mol. The summed E-state index contributed by atoms with van der Waals surface area (Å²) in [6.07, 6.45) is 7.35. The molecule has 3 N–H and O–H groups in total. The topological polar surface area (TPSA) is 83.6 Å². The second-order valence-electron chi connectivity index (χ2n) is 11.0. The summed E-state index contributed by atoms with van der Waals surface area (Å²) in [4.78, 5) is 9.26. The molecule has 5 heterocycles. The maximum absolute atomic E-state index is 13.8. The van der Waals surface area contributed by atoms with Crippen molar-refractivity contribution in [2.24, 2.45) is 5.92 Å². The first kappa shape index (κ1) is 23.8. The molecule has 8 nitrogen and oxygen atoms in total. The van der Waals surface area contributed by atoms with Crippen molar-refractivity contribution in [1.82, 2.24) is 29.3 Å². The van der Waals surface area contributed by atoms with Crippen molar-refractivity contribution in [2.45, 2.75) is 63.1 Å². The van der Waals surface area contributed by atoms with Crippen LogP contribution in [0.2, 0.25) is 0 Å². The molecule has 0 atom stereocenters. The summed E-state index contributed by atoms with van der Waals surface area (Å²) in [5, 5.41) is 14.9. The van der Waals surface area contributed by atoms with Gasteiger partial charge in [0, 0.05) is 30.6 Å². The van der Waals surface area contributed by atoms with E-state index in [-0.39, 0.29) is 18.1 Å². The fourth-order valence-corrected chi connectivity index (χ4v) is 5.50. The molecule has 3 fully saturated rings. The van der Waals surface area contributed by atoms with E-state index >= 15 is 0 Å². The van der Waals surface area contributed by atoms with Gasteiger partial charge in [-0.1, -0.05) is 0 Å². The van der Waals surface area contributed by atoms with Crippen LogP contribution >= 0.6 is 0 Å². The molecule has 1 aliphatic heterocycles. The minimum Gasteiger partial charge on any atom is -0.370 e. The number of halogens is 3. The van der Waals surface area contributed by atoms with Gasteiger partial charge in [0.25, 0.3) is 0 Å². The number of hydrogen-bond acceptors (Lipinski definition) is 6. The first-order valence-electron chi connectivity index (χ1n) is 13.6. The largest absolute Gasteiger partial charge is 0.419 e. The summed E-state index contributed by atoms with van der Waals surface area (Å²) in [5.41, 5.74) is 2.50. The summed E-state index contributed by atoms with van der Waals surface area (Å²) >= 11 is 0. The Hall–Kier alpha value is -3.34. The molecule has 38 heavy (non-hydrogen) atoms. The highest BCUT2D eigenvalue weighted by Crippen LogP contribution is 2.43. The molecule has 0 amide bonds. The van der Waals surface area contributed by atoms with Gasteiger partial charge in [-0.2, -0.15) is 22.8 Å². The Labute approximate surface area is 218 Å². The predicted molar refractivity (Wildman–Crippen MR) is 139 cm³/mol. The minimum absolute atomic E-state index is 0.0574. The number of fused-ring (bicyclic) bond motifs is 2. The van der Waals surface area contributed by atoms with Crippen LogP contribution in [0.25, 0.3) is 11.3 Å². The average Bonchev–Trinajstić information content (AvgIpc) is 3.84. The number of imidazole rings is 1. The fraction of sp³-hybridized carbons (Fsp3) is 0.519. The fourth-order valence-electron chi connectivity index (χ4n) is 5.50. The van der Waals surface area contributed by atoms with Crippen LogP contribution in [-0.2, 0) is 12.7 Å². The third-order valence-electron chi connectivity index (χ3n) is 7.97. The lowest BCUT2D eigenvalue weighted by molar-refractivity contribution is -0.136. The number of pyridine rings is 1. The second-order valence-corrected chi connectivity index (χ2v) is 11.0. The van der Waals surface area contributed by atoms with Crippen LogP contribution in [0, 0.1) is 5.92 Å². The third kappa shape index (κ3) is 4.68. The van der Waals surface area contributed by atoms with Gasteiger partial charge in [-0.15, -0.1) is 0 Å². The van der Waals surface area contributed by atoms with E-state index in [2.05, 4.69) is 26.0 Å². The SMILES string of the molecule is FC(F)(F)c1cc(C2CC2)cn2cc(CNc3cc(NCC4CCNCC4)nc4c(C5CC5)cnn34)nc12. The van der Waals surface area contributed by atoms with Gasteiger partial charge in [-0.25, -0.2) is 9.97 Å². The molecular formula is C27H31F3N8. The zero-order valence-corrected chi connectivity index (χ0v) is 21.1. The first-order chi connectivity index (χ1) is 18.4. The quantitative estimate of drug-likeness (QED) is 0.295. The number of piperidine rings is 1. The maximum atomic E-state index is 13.8. The molecule has 2 saturated carbocycles. The van der Waals surface area contributed by atoms with Crippen molar-refractivity contribution in [3.8, 4) is 0 Å². The molecule has 0 spiro atoms. The Balaban J connectivity index is 1.17. The van der Waals surface area contributed by atoms with Crippen molar-refractivity contribution in [2.75, 3.05) is 30.3 Å². The number of anilines is 2. The molecule has 4 aromatic heterocycles. The summed E-state index contributed by atoms with van der Waals surface area (Å²) in [6, 6.07) is 3.20. The molecule has 3 aliphatic rings. The molecule has 11 heteroatoms. The van der Waals surface area contributed by atoms with Gasteiger partial charge in [-0.3, -0.25) is 0 Å². The van der Waals surface area contributed by atoms with E-state index in [1.165, 1.54) is 10.5 Å². The number of nitrogens with one attached hydrogen (secondary N) is 3. The zero-order valence-electron chi connectivity index (χ0n) is 21.1. The molecule has 2 aliphatic carbocycles. The van der Waals surface area contributed by atoms with E-state index < -0.39 is 11.7 Å². The highest BCUT2D eigenvalue weighted by molar-refractivity contribution is 5.62. The van der Waals surface area contributed by atoms with Crippen molar-refractivity contribution in [1.29, 1.82) is 0 Å². The lowest BCUT2D eigenvalue weighted by atomic mass is 9.98. The molecule has 0 bridgehead atoms. The van der Waals surface area contributed by atoms with Gasteiger partial charge in [0.1, 0.15) is 17.3 Å². The predicted octanol–water partition coefficient (Wildman–Crippen LogP) is 5.17. The van der Waals surface area contributed by atoms with E-state index in [0.717, 1.165) is 86.6 Å². The Kier molecular flexibility index (Phi) is 5.72. The van der Waals surface area contributed by atoms with Crippen LogP contribution in [-0.4, -0.2) is 43.6 Å². The smallest absolute Gasteiger partial charge is 0.370 e. The van der Waals surface area contributed by atoms with E-state index in [9.17, 15) is 13.2 Å². The van der Waals surface area contributed by atoms with E-state index in [4.69, 9.17) is 4.98 Å². The van der Waals surface area contributed by atoms with Crippen molar-refractivity contribution < 1.29 is 13.2 Å². The molecule has 7 rings (SSSR count). The van der Waals surface area contributed by atoms with Crippen LogP contribution in [0.3, 0.4) is 0 Å². The molecule has 0 unspecified atom stereocenters. The van der Waals surface area contributed by atoms with Crippen LogP contribution < -0.4 is 16.0 Å². The summed E-state index contributed by atoms with van der Waals surface area (Å²) in [6.45, 7) is 3.20.